The summed E-state index contributed by atoms with van der Waals surface area (Å²) >= 11 is 0. The maximum atomic E-state index is 13.0. The van der Waals surface area contributed by atoms with Gasteiger partial charge in [0, 0.05) is 17.3 Å². The third kappa shape index (κ3) is 6.11. The van der Waals surface area contributed by atoms with E-state index in [1.807, 2.05) is 5.32 Å². The summed E-state index contributed by atoms with van der Waals surface area (Å²) in [4.78, 5) is 24.6. The van der Waals surface area contributed by atoms with Gasteiger partial charge in [-0.3, -0.25) is 9.59 Å². The number of ether oxygens (including phenoxy) is 2. The zero-order chi connectivity index (χ0) is 26.0. The average molecular weight is 501 g/mol. The van der Waals surface area contributed by atoms with Crippen LogP contribution in [0.5, 0.6) is 11.5 Å². The Bertz CT molecular complexity index is 1270. The largest absolute Gasteiger partial charge is 0.497 e. The molecule has 0 unspecified atom stereocenters. The van der Waals surface area contributed by atoms with E-state index in [2.05, 4.69) is 5.10 Å². The molecule has 35 heavy (non-hydrogen) atoms. The second-order valence-electron chi connectivity index (χ2n) is 7.12. The highest BCUT2D eigenvalue weighted by atomic mass is 19.4. The van der Waals surface area contributed by atoms with Gasteiger partial charge in [0.05, 0.1) is 31.0 Å². The summed E-state index contributed by atoms with van der Waals surface area (Å²) < 4.78 is 89.4. The Balaban J connectivity index is 1.92. The van der Waals surface area contributed by atoms with Crippen LogP contribution in [0.3, 0.4) is 0 Å². The molecule has 2 aromatic carbocycles. The average Bonchev–Trinajstić information content (AvgIpc) is 2.78. The van der Waals surface area contributed by atoms with E-state index in [4.69, 9.17) is 9.47 Å². The van der Waals surface area contributed by atoms with Gasteiger partial charge in [0.15, 0.2) is 0 Å². The van der Waals surface area contributed by atoms with Crippen molar-refractivity contribution in [1.82, 2.24) is 9.78 Å². The van der Waals surface area contributed by atoms with E-state index < -0.39 is 47.2 Å². The molecule has 0 radical (unpaired) electrons. The van der Waals surface area contributed by atoms with E-state index in [0.29, 0.717) is 33.9 Å². The van der Waals surface area contributed by atoms with E-state index in [0.717, 1.165) is 6.07 Å². The number of hydrogen-bond acceptors (Lipinski definition) is 5. The zero-order valence-electron chi connectivity index (χ0n) is 18.1. The lowest BCUT2D eigenvalue weighted by atomic mass is 10.1. The summed E-state index contributed by atoms with van der Waals surface area (Å²) in [5.41, 5.74) is -4.04. The predicted molar refractivity (Wildman–Crippen MR) is 112 cm³/mol. The molecule has 186 valence electrons. The number of carbonyl (C=O) groups is 1. The smallest absolute Gasteiger partial charge is 0.416 e. The number of anilines is 1. The van der Waals surface area contributed by atoms with E-state index in [1.54, 1.807) is 18.2 Å². The van der Waals surface area contributed by atoms with Crippen LogP contribution in [0, 0.1) is 0 Å². The van der Waals surface area contributed by atoms with Crippen LogP contribution in [0.2, 0.25) is 0 Å². The Morgan fingerprint density at radius 1 is 0.914 bits per heavy atom. The Hall–Kier alpha value is -4.03. The molecule has 3 rings (SSSR count). The van der Waals surface area contributed by atoms with Crippen molar-refractivity contribution in [3.63, 3.8) is 0 Å². The van der Waals surface area contributed by atoms with Gasteiger partial charge in [-0.25, -0.2) is 4.68 Å². The fourth-order valence-corrected chi connectivity index (χ4v) is 3.08. The van der Waals surface area contributed by atoms with E-state index >= 15 is 0 Å². The second kappa shape index (κ2) is 9.68. The highest BCUT2D eigenvalue weighted by Gasteiger charge is 2.37. The standard InChI is InChI=1S/C22H17F6N3O4/c1-34-15-3-5-18(35-2)16(10-15)17-4-6-20(33)31(30-17)11-19(32)29-14-8-12(21(23,24)25)7-13(9-14)22(26,27)28/h3-10H,11H2,1-2H3,(H,29,32). The predicted octanol–water partition coefficient (Wildman–Crippen LogP) is 4.60. The van der Waals surface area contributed by atoms with Crippen LogP contribution >= 0.6 is 0 Å². The number of nitrogens with zero attached hydrogens (tertiary/aromatic N) is 2. The first-order valence-corrected chi connectivity index (χ1v) is 9.71. The number of aromatic nitrogens is 2. The van der Waals surface area contributed by atoms with Crippen molar-refractivity contribution < 1.29 is 40.6 Å². The molecular weight excluding hydrogens is 484 g/mol. The third-order valence-corrected chi connectivity index (χ3v) is 4.71. The molecule has 0 saturated carbocycles. The van der Waals surface area contributed by atoms with Gasteiger partial charge in [0.25, 0.3) is 5.56 Å². The Morgan fingerprint density at radius 2 is 1.54 bits per heavy atom. The number of methoxy groups -OCH3 is 2. The zero-order valence-corrected chi connectivity index (χ0v) is 18.1. The molecular formula is C22H17F6N3O4. The molecule has 1 heterocycles. The Labute approximate surface area is 193 Å². The summed E-state index contributed by atoms with van der Waals surface area (Å²) in [6.07, 6.45) is -10.2. The summed E-state index contributed by atoms with van der Waals surface area (Å²) in [6.45, 7) is -0.781. The first-order chi connectivity index (χ1) is 16.3. The summed E-state index contributed by atoms with van der Waals surface area (Å²) in [5, 5.41) is 6.03. The number of benzene rings is 2. The molecule has 1 amide bonds. The summed E-state index contributed by atoms with van der Waals surface area (Å²) in [5.74, 6) is -0.249. The molecule has 1 aromatic heterocycles. The van der Waals surface area contributed by atoms with Gasteiger partial charge < -0.3 is 14.8 Å². The van der Waals surface area contributed by atoms with Gasteiger partial charge in [-0.1, -0.05) is 0 Å². The van der Waals surface area contributed by atoms with Crippen LogP contribution in [0.4, 0.5) is 32.0 Å². The third-order valence-electron chi connectivity index (χ3n) is 4.71. The molecule has 13 heteroatoms. The fraction of sp³-hybridized carbons (Fsp3) is 0.227. The van der Waals surface area contributed by atoms with Gasteiger partial charge in [-0.2, -0.15) is 31.4 Å². The monoisotopic (exact) mass is 501 g/mol. The van der Waals surface area contributed by atoms with Crippen molar-refractivity contribution in [2.24, 2.45) is 0 Å². The molecule has 0 atom stereocenters. The number of hydrogen-bond donors (Lipinski definition) is 1. The normalized spacial score (nSPS) is 11.8. The molecule has 0 saturated heterocycles. The minimum Gasteiger partial charge on any atom is -0.497 e. The molecule has 0 fully saturated rings. The fourth-order valence-electron chi connectivity index (χ4n) is 3.08. The van der Waals surface area contributed by atoms with E-state index in [1.165, 1.54) is 20.3 Å². The summed E-state index contributed by atoms with van der Waals surface area (Å²) in [6, 6.07) is 7.89. The molecule has 0 aliphatic carbocycles. The highest BCUT2D eigenvalue weighted by molar-refractivity contribution is 5.90. The number of rotatable bonds is 6. The van der Waals surface area contributed by atoms with Gasteiger partial charge in [-0.15, -0.1) is 0 Å². The molecule has 0 bridgehead atoms. The van der Waals surface area contributed by atoms with Gasteiger partial charge in [-0.05, 0) is 42.5 Å². The lowest BCUT2D eigenvalue weighted by molar-refractivity contribution is -0.143. The van der Waals surface area contributed by atoms with Gasteiger partial charge in [0.1, 0.15) is 18.0 Å². The minimum absolute atomic E-state index is 0.0628. The van der Waals surface area contributed by atoms with Crippen LogP contribution in [0.15, 0.2) is 53.3 Å². The van der Waals surface area contributed by atoms with Crippen LogP contribution in [0.1, 0.15) is 11.1 Å². The number of nitrogens with one attached hydrogen (secondary N) is 1. The number of carbonyl (C=O) groups excluding carboxylic acids is 1. The number of halogens is 6. The van der Waals surface area contributed by atoms with Crippen molar-refractivity contribution in [3.8, 4) is 22.8 Å². The Morgan fingerprint density at radius 3 is 2.09 bits per heavy atom. The molecule has 0 spiro atoms. The van der Waals surface area contributed by atoms with Gasteiger partial charge in [0.2, 0.25) is 5.91 Å². The van der Waals surface area contributed by atoms with Crippen LogP contribution in [0.25, 0.3) is 11.3 Å². The first-order valence-electron chi connectivity index (χ1n) is 9.71. The lowest BCUT2D eigenvalue weighted by Gasteiger charge is -2.15. The van der Waals surface area contributed by atoms with Crippen LogP contribution in [-0.4, -0.2) is 29.9 Å². The van der Waals surface area contributed by atoms with Crippen molar-refractivity contribution in [1.29, 1.82) is 0 Å². The first kappa shape index (κ1) is 25.6. The van der Waals surface area contributed by atoms with Crippen LogP contribution < -0.4 is 20.3 Å². The topological polar surface area (TPSA) is 82.5 Å². The van der Waals surface area contributed by atoms with E-state index in [9.17, 15) is 35.9 Å². The van der Waals surface area contributed by atoms with Gasteiger partial charge >= 0.3 is 12.4 Å². The molecule has 1 N–H and O–H groups in total. The van der Waals surface area contributed by atoms with Crippen molar-refractivity contribution in [2.75, 3.05) is 19.5 Å². The van der Waals surface area contributed by atoms with Crippen molar-refractivity contribution in [2.45, 2.75) is 18.9 Å². The van der Waals surface area contributed by atoms with E-state index in [-0.39, 0.29) is 11.8 Å². The quantitative estimate of drug-likeness (QED) is 0.500. The lowest BCUT2D eigenvalue weighted by Crippen LogP contribution is -2.29. The van der Waals surface area contributed by atoms with Crippen molar-refractivity contribution >= 4 is 11.6 Å². The molecule has 7 nitrogen and oxygen atoms in total. The number of amides is 1. The highest BCUT2D eigenvalue weighted by Crippen LogP contribution is 2.37. The summed E-state index contributed by atoms with van der Waals surface area (Å²) in [7, 11) is 2.83. The molecule has 0 aliphatic heterocycles. The van der Waals surface area contributed by atoms with Crippen molar-refractivity contribution in [3.05, 3.63) is 70.0 Å². The Kier molecular flexibility index (Phi) is 7.08. The maximum Gasteiger partial charge on any atom is 0.416 e. The maximum absolute atomic E-state index is 13.0. The minimum atomic E-state index is -5.08. The molecule has 0 aliphatic rings. The number of alkyl halides is 6. The second-order valence-corrected chi connectivity index (χ2v) is 7.12. The van der Waals surface area contributed by atoms with Crippen LogP contribution in [-0.2, 0) is 23.7 Å². The SMILES string of the molecule is COc1ccc(OC)c(-c2ccc(=O)n(CC(=O)Nc3cc(C(F)(F)F)cc(C(F)(F)F)c3)n2)c1. The molecule has 3 aromatic rings.